The van der Waals surface area contributed by atoms with Crippen molar-refractivity contribution in [2.75, 3.05) is 18.0 Å². The number of hydrogen-bond acceptors (Lipinski definition) is 5. The van der Waals surface area contributed by atoms with E-state index >= 15 is 0 Å². The molecule has 0 spiro atoms. The Morgan fingerprint density at radius 2 is 1.80 bits per heavy atom. The van der Waals surface area contributed by atoms with Crippen LogP contribution in [0.2, 0.25) is 0 Å². The minimum Gasteiger partial charge on any atom is -0.347 e. The van der Waals surface area contributed by atoms with Gasteiger partial charge in [0, 0.05) is 24.6 Å². The monoisotopic (exact) mass is 418 g/mol. The van der Waals surface area contributed by atoms with E-state index in [4.69, 9.17) is 10.1 Å². The highest BCUT2D eigenvalue weighted by molar-refractivity contribution is 7.20. The van der Waals surface area contributed by atoms with Crippen LogP contribution in [0.1, 0.15) is 24.6 Å². The fourth-order valence-corrected chi connectivity index (χ4v) is 5.02. The number of aromatic nitrogens is 5. The maximum Gasteiger partial charge on any atom is 0.214 e. The van der Waals surface area contributed by atoms with Gasteiger partial charge in [0.1, 0.15) is 11.6 Å². The molecule has 5 aromatic rings. The van der Waals surface area contributed by atoms with Gasteiger partial charge in [0.15, 0.2) is 0 Å². The third-order valence-electron chi connectivity index (χ3n) is 5.73. The van der Waals surface area contributed by atoms with Crippen LogP contribution in [0.15, 0.2) is 54.7 Å². The van der Waals surface area contributed by atoms with Crippen LogP contribution in [0.4, 0.5) is 9.52 Å². The Morgan fingerprint density at radius 3 is 2.57 bits per heavy atom. The summed E-state index contributed by atoms with van der Waals surface area (Å²) >= 11 is 1.59. The van der Waals surface area contributed by atoms with Crippen LogP contribution in [0.5, 0.6) is 0 Å². The molecule has 1 aliphatic heterocycles. The van der Waals surface area contributed by atoms with Gasteiger partial charge in [0.2, 0.25) is 10.1 Å². The van der Waals surface area contributed by atoms with Crippen LogP contribution in [-0.4, -0.2) is 37.7 Å². The Labute approximate surface area is 176 Å². The molecule has 1 aliphatic rings. The highest BCUT2D eigenvalue weighted by atomic mass is 32.1. The zero-order valence-electron chi connectivity index (χ0n) is 16.1. The molecule has 6 rings (SSSR count). The molecule has 4 heterocycles. The third-order valence-corrected chi connectivity index (χ3v) is 6.72. The van der Waals surface area contributed by atoms with E-state index in [2.05, 4.69) is 27.0 Å². The van der Waals surface area contributed by atoms with E-state index in [1.807, 2.05) is 22.8 Å². The molecule has 1 fully saturated rings. The van der Waals surface area contributed by atoms with Crippen LogP contribution in [0, 0.1) is 5.82 Å². The molecule has 150 valence electrons. The summed E-state index contributed by atoms with van der Waals surface area (Å²) in [5, 5.41) is 5.73. The van der Waals surface area contributed by atoms with Crippen molar-refractivity contribution in [1.82, 2.24) is 24.6 Å². The van der Waals surface area contributed by atoms with Crippen molar-refractivity contribution in [3.63, 3.8) is 0 Å². The number of piperidine rings is 1. The van der Waals surface area contributed by atoms with Crippen LogP contribution < -0.4 is 4.90 Å². The number of nitrogens with one attached hydrogen (secondary N) is 1. The maximum absolute atomic E-state index is 13.1. The minimum atomic E-state index is -0.244. The lowest BCUT2D eigenvalue weighted by Gasteiger charge is -2.30. The number of halogens is 1. The SMILES string of the molecule is Fc1ccc(-c2cn3nc(N4CCC(c5nc6ccccc6[nH]5)CC4)sc3n2)cc1. The van der Waals surface area contributed by atoms with Crippen molar-refractivity contribution in [1.29, 1.82) is 0 Å². The van der Waals surface area contributed by atoms with Gasteiger partial charge in [-0.3, -0.25) is 0 Å². The van der Waals surface area contributed by atoms with Crippen LogP contribution in [0.3, 0.4) is 0 Å². The molecular formula is C22H19FN6S. The van der Waals surface area contributed by atoms with Gasteiger partial charge in [-0.2, -0.15) is 0 Å². The van der Waals surface area contributed by atoms with Gasteiger partial charge in [0.25, 0.3) is 0 Å². The Balaban J connectivity index is 1.18. The van der Waals surface area contributed by atoms with Crippen molar-refractivity contribution in [2.45, 2.75) is 18.8 Å². The Morgan fingerprint density at radius 1 is 1.00 bits per heavy atom. The lowest BCUT2D eigenvalue weighted by atomic mass is 9.96. The Kier molecular flexibility index (Phi) is 4.05. The quantitative estimate of drug-likeness (QED) is 0.455. The first-order chi connectivity index (χ1) is 14.7. The average Bonchev–Trinajstić information content (AvgIpc) is 3.47. The molecule has 0 unspecified atom stereocenters. The molecule has 8 heteroatoms. The van der Waals surface area contributed by atoms with Crippen molar-refractivity contribution in [3.8, 4) is 11.3 Å². The van der Waals surface area contributed by atoms with Crippen molar-refractivity contribution < 1.29 is 4.39 Å². The van der Waals surface area contributed by atoms with E-state index in [-0.39, 0.29) is 5.82 Å². The molecule has 1 saturated heterocycles. The second-order valence-corrected chi connectivity index (χ2v) is 8.58. The predicted molar refractivity (Wildman–Crippen MR) is 117 cm³/mol. The zero-order valence-corrected chi connectivity index (χ0v) is 16.9. The number of aromatic amines is 1. The number of imidazole rings is 2. The first kappa shape index (κ1) is 17.6. The maximum atomic E-state index is 13.1. The number of hydrogen-bond donors (Lipinski definition) is 1. The summed E-state index contributed by atoms with van der Waals surface area (Å²) < 4.78 is 15.0. The van der Waals surface area contributed by atoms with Crippen molar-refractivity contribution >= 4 is 32.5 Å². The van der Waals surface area contributed by atoms with E-state index in [0.717, 1.165) is 64.1 Å². The smallest absolute Gasteiger partial charge is 0.214 e. The molecular weight excluding hydrogens is 399 g/mol. The summed E-state index contributed by atoms with van der Waals surface area (Å²) in [6.07, 6.45) is 3.99. The number of rotatable bonds is 3. The molecule has 3 aromatic heterocycles. The molecule has 0 aliphatic carbocycles. The number of anilines is 1. The topological polar surface area (TPSA) is 62.1 Å². The third kappa shape index (κ3) is 3.04. The number of benzene rings is 2. The number of nitrogens with zero attached hydrogens (tertiary/aromatic N) is 5. The highest BCUT2D eigenvalue weighted by Gasteiger charge is 2.25. The summed E-state index contributed by atoms with van der Waals surface area (Å²) in [6.45, 7) is 1.90. The summed E-state index contributed by atoms with van der Waals surface area (Å²) in [7, 11) is 0. The molecule has 1 N–H and O–H groups in total. The Hall–Kier alpha value is -3.26. The largest absolute Gasteiger partial charge is 0.347 e. The van der Waals surface area contributed by atoms with Crippen molar-refractivity contribution in [3.05, 3.63) is 66.4 Å². The van der Waals surface area contributed by atoms with Gasteiger partial charge >= 0.3 is 0 Å². The van der Waals surface area contributed by atoms with Gasteiger partial charge in [0.05, 0.1) is 22.9 Å². The predicted octanol–water partition coefficient (Wildman–Crippen LogP) is 4.86. The summed E-state index contributed by atoms with van der Waals surface area (Å²) in [5.41, 5.74) is 3.84. The highest BCUT2D eigenvalue weighted by Crippen LogP contribution is 2.33. The Bertz CT molecular complexity index is 1260. The van der Waals surface area contributed by atoms with Gasteiger partial charge in [-0.15, -0.1) is 5.10 Å². The van der Waals surface area contributed by atoms with Gasteiger partial charge < -0.3 is 9.88 Å². The van der Waals surface area contributed by atoms with E-state index in [1.165, 1.54) is 12.1 Å². The van der Waals surface area contributed by atoms with Crippen LogP contribution >= 0.6 is 11.3 Å². The van der Waals surface area contributed by atoms with E-state index in [9.17, 15) is 4.39 Å². The number of fused-ring (bicyclic) bond motifs is 2. The lowest BCUT2D eigenvalue weighted by Crippen LogP contribution is -2.33. The molecule has 30 heavy (non-hydrogen) atoms. The number of H-pyrrole nitrogens is 1. The van der Waals surface area contributed by atoms with E-state index in [1.54, 1.807) is 23.5 Å². The van der Waals surface area contributed by atoms with E-state index < -0.39 is 0 Å². The first-order valence-corrected chi connectivity index (χ1v) is 10.9. The lowest BCUT2D eigenvalue weighted by molar-refractivity contribution is 0.488. The van der Waals surface area contributed by atoms with Gasteiger partial charge in [-0.1, -0.05) is 23.5 Å². The molecule has 0 bridgehead atoms. The average molecular weight is 419 g/mol. The fourth-order valence-electron chi connectivity index (χ4n) is 4.09. The normalized spacial score (nSPS) is 15.4. The van der Waals surface area contributed by atoms with Gasteiger partial charge in [-0.25, -0.2) is 18.9 Å². The summed E-state index contributed by atoms with van der Waals surface area (Å²) in [6, 6.07) is 14.6. The first-order valence-electron chi connectivity index (χ1n) is 10.0. The second kappa shape index (κ2) is 6.91. The second-order valence-electron chi connectivity index (χ2n) is 7.65. The molecule has 0 atom stereocenters. The van der Waals surface area contributed by atoms with Crippen LogP contribution in [-0.2, 0) is 0 Å². The molecule has 0 saturated carbocycles. The number of para-hydroxylation sites is 2. The van der Waals surface area contributed by atoms with E-state index in [0.29, 0.717) is 5.92 Å². The van der Waals surface area contributed by atoms with Crippen molar-refractivity contribution in [2.24, 2.45) is 0 Å². The molecule has 0 amide bonds. The minimum absolute atomic E-state index is 0.244. The summed E-state index contributed by atoms with van der Waals surface area (Å²) in [5.74, 6) is 1.29. The zero-order chi connectivity index (χ0) is 20.1. The molecule has 2 aromatic carbocycles. The standard InChI is InChI=1S/C22H19FN6S/c23-16-7-5-14(6-8-16)19-13-29-21(26-19)30-22(27-29)28-11-9-15(10-12-28)20-24-17-3-1-2-4-18(17)25-20/h1-8,13,15H,9-12H2,(H,24,25). The van der Waals surface area contributed by atoms with Crippen LogP contribution in [0.25, 0.3) is 27.3 Å². The summed E-state index contributed by atoms with van der Waals surface area (Å²) in [4.78, 5) is 16.1. The fraction of sp³-hybridized carbons (Fsp3) is 0.227. The molecule has 6 nitrogen and oxygen atoms in total. The molecule has 0 radical (unpaired) electrons. The van der Waals surface area contributed by atoms with Gasteiger partial charge in [-0.05, 0) is 49.2 Å².